The van der Waals surface area contributed by atoms with Gasteiger partial charge >= 0.3 is 0 Å². The minimum atomic E-state index is -0.0939. The standard InChI is InChI=1S/C13H26N2O.ClH/c1-5-15-8-6-11(7-9-15)13(4)14-12(2,3)10-16-13;/h11,14H,5-10H2,1-4H3;1H. The molecule has 2 saturated heterocycles. The Morgan fingerprint density at radius 1 is 1.24 bits per heavy atom. The third-order valence-corrected chi connectivity index (χ3v) is 4.13. The zero-order valence-corrected chi connectivity index (χ0v) is 12.4. The van der Waals surface area contributed by atoms with Gasteiger partial charge in [-0.3, -0.25) is 5.32 Å². The number of rotatable bonds is 2. The number of halogens is 1. The predicted molar refractivity (Wildman–Crippen MR) is 73.7 cm³/mol. The van der Waals surface area contributed by atoms with Crippen LogP contribution in [0.1, 0.15) is 40.5 Å². The van der Waals surface area contributed by atoms with Crippen molar-refractivity contribution in [2.45, 2.75) is 51.8 Å². The lowest BCUT2D eigenvalue weighted by molar-refractivity contribution is -0.0619. The molecule has 4 heteroatoms. The molecule has 2 heterocycles. The number of nitrogens with one attached hydrogen (secondary N) is 1. The fourth-order valence-corrected chi connectivity index (χ4v) is 3.09. The highest BCUT2D eigenvalue weighted by atomic mass is 35.5. The van der Waals surface area contributed by atoms with Gasteiger partial charge in [-0.1, -0.05) is 6.92 Å². The first-order valence-corrected chi connectivity index (χ1v) is 6.61. The van der Waals surface area contributed by atoms with Crippen LogP contribution in [0.25, 0.3) is 0 Å². The summed E-state index contributed by atoms with van der Waals surface area (Å²) in [6.07, 6.45) is 2.51. The minimum absolute atomic E-state index is 0. The molecule has 0 saturated carbocycles. The highest BCUT2D eigenvalue weighted by Crippen LogP contribution is 2.35. The van der Waals surface area contributed by atoms with E-state index in [1.54, 1.807) is 0 Å². The Bertz CT molecular complexity index is 252. The number of hydrogen-bond donors (Lipinski definition) is 1. The Morgan fingerprint density at radius 2 is 1.82 bits per heavy atom. The van der Waals surface area contributed by atoms with E-state index in [2.05, 4.69) is 37.9 Å². The summed E-state index contributed by atoms with van der Waals surface area (Å²) >= 11 is 0. The van der Waals surface area contributed by atoms with Crippen molar-refractivity contribution in [1.82, 2.24) is 10.2 Å². The first-order chi connectivity index (χ1) is 7.45. The van der Waals surface area contributed by atoms with Crippen LogP contribution in [0, 0.1) is 5.92 Å². The van der Waals surface area contributed by atoms with Gasteiger partial charge in [0.05, 0.1) is 6.61 Å². The summed E-state index contributed by atoms with van der Waals surface area (Å²) in [5, 5.41) is 3.67. The average molecular weight is 263 g/mol. The Hall–Kier alpha value is 0.170. The maximum absolute atomic E-state index is 6.03. The van der Waals surface area contributed by atoms with Gasteiger partial charge in [0.15, 0.2) is 0 Å². The van der Waals surface area contributed by atoms with Gasteiger partial charge in [-0.05, 0) is 53.2 Å². The van der Waals surface area contributed by atoms with Crippen LogP contribution < -0.4 is 5.32 Å². The van der Waals surface area contributed by atoms with E-state index >= 15 is 0 Å². The fraction of sp³-hybridized carbons (Fsp3) is 1.00. The first-order valence-electron chi connectivity index (χ1n) is 6.61. The monoisotopic (exact) mass is 262 g/mol. The predicted octanol–water partition coefficient (Wildman–Crippen LogP) is 2.25. The molecule has 102 valence electrons. The van der Waals surface area contributed by atoms with Gasteiger partial charge in [0.25, 0.3) is 0 Å². The van der Waals surface area contributed by atoms with E-state index in [-0.39, 0.29) is 23.7 Å². The Balaban J connectivity index is 0.00000144. The van der Waals surface area contributed by atoms with Crippen LogP contribution >= 0.6 is 12.4 Å². The molecule has 0 aliphatic carbocycles. The molecular weight excluding hydrogens is 236 g/mol. The van der Waals surface area contributed by atoms with Crippen LogP contribution in [0.5, 0.6) is 0 Å². The number of nitrogens with zero attached hydrogens (tertiary/aromatic N) is 1. The largest absolute Gasteiger partial charge is 0.359 e. The summed E-state index contributed by atoms with van der Waals surface area (Å²) in [6, 6.07) is 0. The molecule has 0 amide bonds. The molecule has 2 rings (SSSR count). The molecule has 0 aromatic rings. The Labute approximate surface area is 112 Å². The molecule has 2 fully saturated rings. The highest BCUT2D eigenvalue weighted by molar-refractivity contribution is 5.85. The van der Waals surface area contributed by atoms with Crippen LogP contribution in [-0.4, -0.2) is 42.4 Å². The topological polar surface area (TPSA) is 24.5 Å². The molecule has 17 heavy (non-hydrogen) atoms. The van der Waals surface area contributed by atoms with Crippen molar-refractivity contribution in [3.63, 3.8) is 0 Å². The third-order valence-electron chi connectivity index (χ3n) is 4.13. The summed E-state index contributed by atoms with van der Waals surface area (Å²) in [5.41, 5.74) is 0.0416. The smallest absolute Gasteiger partial charge is 0.119 e. The van der Waals surface area contributed by atoms with Gasteiger partial charge in [-0.25, -0.2) is 0 Å². The molecule has 1 atom stereocenters. The minimum Gasteiger partial charge on any atom is -0.359 e. The van der Waals surface area contributed by atoms with Crippen molar-refractivity contribution < 1.29 is 4.74 Å². The van der Waals surface area contributed by atoms with Gasteiger partial charge in [-0.2, -0.15) is 0 Å². The second-order valence-electron chi connectivity index (χ2n) is 6.11. The SMILES string of the molecule is CCN1CCC(C2(C)NC(C)(C)CO2)CC1.Cl. The van der Waals surface area contributed by atoms with E-state index < -0.39 is 0 Å². The van der Waals surface area contributed by atoms with Crippen LogP contribution in [-0.2, 0) is 4.74 Å². The summed E-state index contributed by atoms with van der Waals surface area (Å²) in [4.78, 5) is 2.53. The van der Waals surface area contributed by atoms with Crippen LogP contribution in [0.4, 0.5) is 0 Å². The molecular formula is C13H27ClN2O. The first kappa shape index (κ1) is 15.2. The summed E-state index contributed by atoms with van der Waals surface area (Å²) in [5.74, 6) is 0.664. The van der Waals surface area contributed by atoms with E-state index in [4.69, 9.17) is 4.74 Å². The summed E-state index contributed by atoms with van der Waals surface area (Å²) in [7, 11) is 0. The van der Waals surface area contributed by atoms with Gasteiger partial charge in [0, 0.05) is 11.5 Å². The van der Waals surface area contributed by atoms with E-state index in [0.717, 1.165) is 6.61 Å². The van der Waals surface area contributed by atoms with Gasteiger partial charge in [0.2, 0.25) is 0 Å². The summed E-state index contributed by atoms with van der Waals surface area (Å²) < 4.78 is 6.03. The van der Waals surface area contributed by atoms with Crippen molar-refractivity contribution in [3.05, 3.63) is 0 Å². The fourth-order valence-electron chi connectivity index (χ4n) is 3.09. The lowest BCUT2D eigenvalue weighted by atomic mass is 9.87. The molecule has 0 bridgehead atoms. The number of piperidine rings is 1. The molecule has 3 nitrogen and oxygen atoms in total. The van der Waals surface area contributed by atoms with Gasteiger partial charge in [-0.15, -0.1) is 12.4 Å². The third kappa shape index (κ3) is 3.34. The Morgan fingerprint density at radius 3 is 2.24 bits per heavy atom. The second kappa shape index (κ2) is 5.43. The Kier molecular flexibility index (Phi) is 4.87. The van der Waals surface area contributed by atoms with Crippen LogP contribution in [0.3, 0.4) is 0 Å². The van der Waals surface area contributed by atoms with Gasteiger partial charge in [0.1, 0.15) is 5.72 Å². The molecule has 0 radical (unpaired) electrons. The maximum atomic E-state index is 6.03. The van der Waals surface area contributed by atoms with E-state index in [1.165, 1.54) is 32.5 Å². The van der Waals surface area contributed by atoms with Crippen molar-refractivity contribution in [3.8, 4) is 0 Å². The van der Waals surface area contributed by atoms with E-state index in [9.17, 15) is 0 Å². The molecule has 1 N–H and O–H groups in total. The lowest BCUT2D eigenvalue weighted by Gasteiger charge is -2.40. The summed E-state index contributed by atoms with van der Waals surface area (Å²) in [6.45, 7) is 13.4. The number of ether oxygens (including phenoxy) is 1. The lowest BCUT2D eigenvalue weighted by Crippen LogP contribution is -2.53. The van der Waals surface area contributed by atoms with Gasteiger partial charge < -0.3 is 9.64 Å². The second-order valence-corrected chi connectivity index (χ2v) is 6.11. The zero-order chi connectivity index (χ0) is 11.8. The zero-order valence-electron chi connectivity index (χ0n) is 11.6. The normalized spacial score (nSPS) is 34.6. The molecule has 2 aliphatic heterocycles. The molecule has 0 spiro atoms. The van der Waals surface area contributed by atoms with E-state index in [1.807, 2.05) is 0 Å². The van der Waals surface area contributed by atoms with Crippen molar-refractivity contribution >= 4 is 12.4 Å². The van der Waals surface area contributed by atoms with Crippen LogP contribution in [0.2, 0.25) is 0 Å². The van der Waals surface area contributed by atoms with Crippen molar-refractivity contribution in [2.24, 2.45) is 5.92 Å². The molecule has 2 aliphatic rings. The van der Waals surface area contributed by atoms with Crippen molar-refractivity contribution in [1.29, 1.82) is 0 Å². The molecule has 0 aromatic carbocycles. The highest BCUT2D eigenvalue weighted by Gasteiger charge is 2.45. The quantitative estimate of drug-likeness (QED) is 0.826. The maximum Gasteiger partial charge on any atom is 0.119 e. The number of hydrogen-bond acceptors (Lipinski definition) is 3. The van der Waals surface area contributed by atoms with E-state index in [0.29, 0.717) is 5.92 Å². The number of likely N-dealkylation sites (tertiary alicyclic amines) is 1. The van der Waals surface area contributed by atoms with Crippen LogP contribution in [0.15, 0.2) is 0 Å². The van der Waals surface area contributed by atoms with Crippen molar-refractivity contribution in [2.75, 3.05) is 26.2 Å². The average Bonchev–Trinajstić information content (AvgIpc) is 2.54. The molecule has 1 unspecified atom stereocenters. The molecule has 0 aromatic heterocycles.